The van der Waals surface area contributed by atoms with E-state index >= 15 is 0 Å². The molecule has 1 aromatic carbocycles. The summed E-state index contributed by atoms with van der Waals surface area (Å²) < 4.78 is 0. The lowest BCUT2D eigenvalue weighted by Crippen LogP contribution is -2.42. The lowest BCUT2D eigenvalue weighted by molar-refractivity contribution is 0.374. The average molecular weight is 337 g/mol. The van der Waals surface area contributed by atoms with Crippen LogP contribution in [0.5, 0.6) is 11.5 Å². The molecule has 0 radical (unpaired) electrons. The third-order valence-electron chi connectivity index (χ3n) is 4.40. The first-order valence-electron chi connectivity index (χ1n) is 8.68. The Bertz CT molecular complexity index is 534. The van der Waals surface area contributed by atoms with Crippen LogP contribution in [0.4, 0.5) is 0 Å². The van der Waals surface area contributed by atoms with Crippen molar-refractivity contribution in [1.82, 2.24) is 10.2 Å². The summed E-state index contributed by atoms with van der Waals surface area (Å²) in [6, 6.07) is 3.31. The second-order valence-corrected chi connectivity index (χ2v) is 6.67. The standard InChI is InChI=1S/C18H28N2O2S/c1-2-3-4-5-6-7-9-19-18(23)20-10-8-14-11-16(21)17(22)12-15(14)13-20/h11-12,21-22H,2-10,13H2,1H3,(H,19,23). The van der Waals surface area contributed by atoms with E-state index in [-0.39, 0.29) is 11.5 Å². The summed E-state index contributed by atoms with van der Waals surface area (Å²) in [4.78, 5) is 2.13. The number of hydrogen-bond donors (Lipinski definition) is 3. The Morgan fingerprint density at radius 1 is 1.09 bits per heavy atom. The molecule has 2 rings (SSSR count). The maximum Gasteiger partial charge on any atom is 0.169 e. The fraction of sp³-hybridized carbons (Fsp3) is 0.611. The van der Waals surface area contributed by atoms with Gasteiger partial charge in [0.25, 0.3) is 0 Å². The number of unbranched alkanes of at least 4 members (excludes halogenated alkanes) is 5. The van der Waals surface area contributed by atoms with E-state index in [1.807, 2.05) is 0 Å². The molecular weight excluding hydrogens is 308 g/mol. The van der Waals surface area contributed by atoms with Gasteiger partial charge in [0.15, 0.2) is 16.6 Å². The van der Waals surface area contributed by atoms with Crippen LogP contribution in [-0.4, -0.2) is 33.3 Å². The fourth-order valence-electron chi connectivity index (χ4n) is 2.97. The van der Waals surface area contributed by atoms with Crippen molar-refractivity contribution in [3.05, 3.63) is 23.3 Å². The molecule has 0 bridgehead atoms. The smallest absolute Gasteiger partial charge is 0.169 e. The van der Waals surface area contributed by atoms with Gasteiger partial charge in [-0.3, -0.25) is 0 Å². The summed E-state index contributed by atoms with van der Waals surface area (Å²) >= 11 is 5.48. The maximum absolute atomic E-state index is 9.65. The van der Waals surface area contributed by atoms with Crippen LogP contribution in [0.2, 0.25) is 0 Å². The topological polar surface area (TPSA) is 55.7 Å². The van der Waals surface area contributed by atoms with Crippen molar-refractivity contribution in [1.29, 1.82) is 0 Å². The minimum absolute atomic E-state index is 0.0408. The highest BCUT2D eigenvalue weighted by Crippen LogP contribution is 2.31. The first-order chi connectivity index (χ1) is 11.1. The van der Waals surface area contributed by atoms with E-state index in [2.05, 4.69) is 17.1 Å². The quantitative estimate of drug-likeness (QED) is 0.403. The monoisotopic (exact) mass is 336 g/mol. The first kappa shape index (κ1) is 17.9. The summed E-state index contributed by atoms with van der Waals surface area (Å²) in [6.07, 6.45) is 8.51. The van der Waals surface area contributed by atoms with E-state index < -0.39 is 0 Å². The molecular formula is C18H28N2O2S. The number of thiocarbonyl (C=S) groups is 1. The molecule has 0 unspecified atom stereocenters. The third-order valence-corrected chi connectivity index (χ3v) is 4.81. The van der Waals surface area contributed by atoms with Crippen LogP contribution < -0.4 is 5.32 Å². The van der Waals surface area contributed by atoms with Crippen LogP contribution in [-0.2, 0) is 13.0 Å². The molecule has 1 aliphatic rings. The van der Waals surface area contributed by atoms with Crippen LogP contribution in [0.3, 0.4) is 0 Å². The lowest BCUT2D eigenvalue weighted by atomic mass is 9.99. The third kappa shape index (κ3) is 5.27. The molecule has 128 valence electrons. The molecule has 0 aromatic heterocycles. The van der Waals surface area contributed by atoms with Gasteiger partial charge in [0.1, 0.15) is 0 Å². The van der Waals surface area contributed by atoms with Gasteiger partial charge in [0.2, 0.25) is 0 Å². The molecule has 3 N–H and O–H groups in total. The van der Waals surface area contributed by atoms with Crippen LogP contribution >= 0.6 is 12.2 Å². The van der Waals surface area contributed by atoms with Gasteiger partial charge >= 0.3 is 0 Å². The van der Waals surface area contributed by atoms with Crippen molar-refractivity contribution >= 4 is 17.3 Å². The van der Waals surface area contributed by atoms with Gasteiger partial charge in [-0.25, -0.2) is 0 Å². The zero-order valence-corrected chi connectivity index (χ0v) is 14.8. The SMILES string of the molecule is CCCCCCCCNC(=S)N1CCc2cc(O)c(O)cc2C1. The first-order valence-corrected chi connectivity index (χ1v) is 9.09. The number of fused-ring (bicyclic) bond motifs is 1. The molecule has 5 heteroatoms. The van der Waals surface area contributed by atoms with Gasteiger partial charge in [-0.15, -0.1) is 0 Å². The number of nitrogens with zero attached hydrogens (tertiary/aromatic N) is 1. The van der Waals surface area contributed by atoms with Crippen molar-refractivity contribution in [2.45, 2.75) is 58.4 Å². The number of nitrogens with one attached hydrogen (secondary N) is 1. The second kappa shape index (κ2) is 8.96. The highest BCUT2D eigenvalue weighted by molar-refractivity contribution is 7.80. The second-order valence-electron chi connectivity index (χ2n) is 6.28. The average Bonchev–Trinajstić information content (AvgIpc) is 2.54. The predicted molar refractivity (Wildman–Crippen MR) is 97.9 cm³/mol. The van der Waals surface area contributed by atoms with Gasteiger partial charge in [0.05, 0.1) is 0 Å². The molecule has 23 heavy (non-hydrogen) atoms. The van der Waals surface area contributed by atoms with Gasteiger partial charge in [-0.1, -0.05) is 39.0 Å². The Hall–Kier alpha value is -1.49. The molecule has 1 heterocycles. The minimum Gasteiger partial charge on any atom is -0.504 e. The van der Waals surface area contributed by atoms with Crippen LogP contribution in [0, 0.1) is 0 Å². The normalized spacial score (nSPS) is 13.7. The van der Waals surface area contributed by atoms with Crippen molar-refractivity contribution < 1.29 is 10.2 Å². The Kier molecular flexibility index (Phi) is 6.96. The maximum atomic E-state index is 9.65. The number of benzene rings is 1. The Morgan fingerprint density at radius 3 is 2.48 bits per heavy atom. The predicted octanol–water partition coefficient (Wildman–Crippen LogP) is 3.69. The molecule has 0 atom stereocenters. The number of rotatable bonds is 7. The number of phenolic OH excluding ortho intramolecular Hbond substituents is 2. The molecule has 1 aromatic rings. The van der Waals surface area contributed by atoms with Crippen LogP contribution in [0.25, 0.3) is 0 Å². The molecule has 0 spiro atoms. The lowest BCUT2D eigenvalue weighted by Gasteiger charge is -2.31. The Labute approximate surface area is 144 Å². The van der Waals surface area contributed by atoms with Gasteiger partial charge in [0, 0.05) is 19.6 Å². The largest absolute Gasteiger partial charge is 0.504 e. The van der Waals surface area contributed by atoms with Gasteiger partial charge in [-0.05, 0) is 48.3 Å². The summed E-state index contributed by atoms with van der Waals surface area (Å²) in [6.45, 7) is 4.69. The van der Waals surface area contributed by atoms with E-state index in [1.54, 1.807) is 12.1 Å². The molecule has 4 nitrogen and oxygen atoms in total. The fourth-order valence-corrected chi connectivity index (χ4v) is 3.23. The van der Waals surface area contributed by atoms with E-state index in [0.29, 0.717) is 6.54 Å². The van der Waals surface area contributed by atoms with Crippen molar-refractivity contribution in [3.63, 3.8) is 0 Å². The molecule has 1 aliphatic heterocycles. The van der Waals surface area contributed by atoms with Crippen LogP contribution in [0.15, 0.2) is 12.1 Å². The number of phenols is 2. The minimum atomic E-state index is -0.0587. The van der Waals surface area contributed by atoms with E-state index in [4.69, 9.17) is 12.2 Å². The van der Waals surface area contributed by atoms with E-state index in [9.17, 15) is 10.2 Å². The highest BCUT2D eigenvalue weighted by atomic mass is 32.1. The van der Waals surface area contributed by atoms with Crippen molar-refractivity contribution in [3.8, 4) is 11.5 Å². The summed E-state index contributed by atoms with van der Waals surface area (Å²) in [5.41, 5.74) is 2.13. The van der Waals surface area contributed by atoms with Gasteiger partial charge < -0.3 is 20.4 Å². The summed E-state index contributed by atoms with van der Waals surface area (Å²) in [5.74, 6) is -0.0995. The van der Waals surface area contributed by atoms with E-state index in [1.165, 1.54) is 32.1 Å². The van der Waals surface area contributed by atoms with Gasteiger partial charge in [-0.2, -0.15) is 0 Å². The molecule has 0 fully saturated rings. The number of hydrogen-bond acceptors (Lipinski definition) is 3. The Balaban J connectivity index is 1.73. The molecule has 0 amide bonds. The van der Waals surface area contributed by atoms with Crippen molar-refractivity contribution in [2.24, 2.45) is 0 Å². The molecule has 0 saturated heterocycles. The number of aromatic hydroxyl groups is 2. The van der Waals surface area contributed by atoms with E-state index in [0.717, 1.165) is 42.2 Å². The highest BCUT2D eigenvalue weighted by Gasteiger charge is 2.20. The zero-order valence-electron chi connectivity index (χ0n) is 14.0. The summed E-state index contributed by atoms with van der Waals surface area (Å²) in [7, 11) is 0. The molecule has 0 saturated carbocycles. The Morgan fingerprint density at radius 2 is 1.74 bits per heavy atom. The molecule has 0 aliphatic carbocycles. The van der Waals surface area contributed by atoms with Crippen LogP contribution in [0.1, 0.15) is 56.6 Å². The summed E-state index contributed by atoms with van der Waals surface area (Å²) in [5, 5.41) is 23.3. The van der Waals surface area contributed by atoms with Crippen molar-refractivity contribution in [2.75, 3.05) is 13.1 Å². The zero-order chi connectivity index (χ0) is 16.7.